The molecular formula is C10H21NO. The van der Waals surface area contributed by atoms with E-state index in [-0.39, 0.29) is 5.91 Å². The van der Waals surface area contributed by atoms with Crippen molar-refractivity contribution in [3.05, 3.63) is 0 Å². The number of nitrogens with one attached hydrogen (secondary N) is 1. The van der Waals surface area contributed by atoms with Gasteiger partial charge in [0.05, 0.1) is 0 Å². The molecule has 0 aromatic rings. The minimum atomic E-state index is 0.0680. The van der Waals surface area contributed by atoms with E-state index in [0.29, 0.717) is 17.9 Å². The van der Waals surface area contributed by atoms with Gasteiger partial charge in [0.15, 0.2) is 0 Å². The average molecular weight is 171 g/mol. The lowest BCUT2D eigenvalue weighted by atomic mass is 9.92. The lowest BCUT2D eigenvalue weighted by molar-refractivity contribution is -0.119. The first kappa shape index (κ1) is 11.5. The second kappa shape index (κ2) is 5.18. The van der Waals surface area contributed by atoms with Crippen LogP contribution in [0, 0.1) is 11.8 Å². The van der Waals surface area contributed by atoms with Crippen molar-refractivity contribution in [3.8, 4) is 0 Å². The Kier molecular flexibility index (Phi) is 4.95. The Morgan fingerprint density at radius 1 is 1.25 bits per heavy atom. The van der Waals surface area contributed by atoms with E-state index < -0.39 is 0 Å². The summed E-state index contributed by atoms with van der Waals surface area (Å²) in [6.45, 7) is 10.3. The number of hydrogen-bond donors (Lipinski definition) is 1. The van der Waals surface area contributed by atoms with E-state index in [1.54, 1.807) is 6.92 Å². The molecule has 12 heavy (non-hydrogen) atoms. The summed E-state index contributed by atoms with van der Waals surface area (Å²) in [4.78, 5) is 10.7. The molecule has 0 bridgehead atoms. The van der Waals surface area contributed by atoms with Crippen LogP contribution in [-0.4, -0.2) is 11.9 Å². The van der Waals surface area contributed by atoms with Crippen LogP contribution in [0.1, 0.15) is 41.0 Å². The van der Waals surface area contributed by atoms with Crippen molar-refractivity contribution in [3.63, 3.8) is 0 Å². The molecule has 2 unspecified atom stereocenters. The first-order chi connectivity index (χ1) is 5.43. The fourth-order valence-electron chi connectivity index (χ4n) is 1.24. The normalized spacial score (nSPS) is 15.8. The highest BCUT2D eigenvalue weighted by molar-refractivity contribution is 5.73. The van der Waals surface area contributed by atoms with E-state index in [4.69, 9.17) is 0 Å². The summed E-state index contributed by atoms with van der Waals surface area (Å²) in [5.74, 6) is 1.44. The molecule has 2 heteroatoms. The molecule has 0 fully saturated rings. The number of amides is 1. The van der Waals surface area contributed by atoms with Crippen molar-refractivity contribution < 1.29 is 4.79 Å². The second-order valence-corrected chi connectivity index (χ2v) is 4.06. The summed E-state index contributed by atoms with van der Waals surface area (Å²) in [6.07, 6.45) is 1.07. The van der Waals surface area contributed by atoms with E-state index >= 15 is 0 Å². The molecule has 0 aliphatic carbocycles. The lowest BCUT2D eigenvalue weighted by Gasteiger charge is -2.20. The SMILES string of the molecule is CC(=O)NC(C)CC(C)C(C)C. The zero-order valence-corrected chi connectivity index (χ0v) is 8.85. The molecule has 0 aromatic carbocycles. The molecule has 0 aromatic heterocycles. The Bertz CT molecular complexity index is 143. The van der Waals surface area contributed by atoms with Gasteiger partial charge in [-0.05, 0) is 25.2 Å². The van der Waals surface area contributed by atoms with Crippen molar-refractivity contribution in [1.82, 2.24) is 5.32 Å². The topological polar surface area (TPSA) is 29.1 Å². The minimum absolute atomic E-state index is 0.0680. The van der Waals surface area contributed by atoms with Crippen molar-refractivity contribution in [2.24, 2.45) is 11.8 Å². The highest BCUT2D eigenvalue weighted by Gasteiger charge is 2.11. The van der Waals surface area contributed by atoms with Crippen LogP contribution in [0.3, 0.4) is 0 Å². The third-order valence-corrected chi connectivity index (χ3v) is 2.31. The maximum Gasteiger partial charge on any atom is 0.217 e. The van der Waals surface area contributed by atoms with Crippen molar-refractivity contribution in [2.75, 3.05) is 0 Å². The van der Waals surface area contributed by atoms with Crippen LogP contribution < -0.4 is 5.32 Å². The standard InChI is InChI=1S/C10H21NO/c1-7(2)8(3)6-9(4)11-10(5)12/h7-9H,6H2,1-5H3,(H,11,12). The summed E-state index contributed by atoms with van der Waals surface area (Å²) in [5.41, 5.74) is 0. The molecule has 0 saturated heterocycles. The molecule has 72 valence electrons. The number of hydrogen-bond acceptors (Lipinski definition) is 1. The lowest BCUT2D eigenvalue weighted by Crippen LogP contribution is -2.32. The van der Waals surface area contributed by atoms with Crippen LogP contribution in [0.2, 0.25) is 0 Å². The van der Waals surface area contributed by atoms with Crippen molar-refractivity contribution >= 4 is 5.91 Å². The van der Waals surface area contributed by atoms with Gasteiger partial charge in [-0.25, -0.2) is 0 Å². The summed E-state index contributed by atoms with van der Waals surface area (Å²) < 4.78 is 0. The highest BCUT2D eigenvalue weighted by Crippen LogP contribution is 2.15. The van der Waals surface area contributed by atoms with Gasteiger partial charge in [0.25, 0.3) is 0 Å². The van der Waals surface area contributed by atoms with Crippen molar-refractivity contribution in [1.29, 1.82) is 0 Å². The Balaban J connectivity index is 3.68. The molecule has 2 atom stereocenters. The van der Waals surface area contributed by atoms with Gasteiger partial charge in [-0.15, -0.1) is 0 Å². The van der Waals surface area contributed by atoms with Crippen LogP contribution in [0.4, 0.5) is 0 Å². The third-order valence-electron chi connectivity index (χ3n) is 2.31. The number of carbonyl (C=O) groups is 1. The predicted octanol–water partition coefficient (Wildman–Crippen LogP) is 2.19. The van der Waals surface area contributed by atoms with Gasteiger partial charge >= 0.3 is 0 Å². The van der Waals surface area contributed by atoms with Crippen LogP contribution in [0.5, 0.6) is 0 Å². The van der Waals surface area contributed by atoms with Gasteiger partial charge in [0.1, 0.15) is 0 Å². The minimum Gasteiger partial charge on any atom is -0.354 e. The quantitative estimate of drug-likeness (QED) is 0.690. The van der Waals surface area contributed by atoms with E-state index in [1.165, 1.54) is 0 Å². The molecule has 1 amide bonds. The molecule has 0 rings (SSSR count). The Morgan fingerprint density at radius 3 is 2.08 bits per heavy atom. The maximum absolute atomic E-state index is 10.7. The van der Waals surface area contributed by atoms with E-state index in [0.717, 1.165) is 6.42 Å². The molecule has 0 radical (unpaired) electrons. The third kappa shape index (κ3) is 5.16. The molecule has 0 spiro atoms. The molecule has 1 N–H and O–H groups in total. The van der Waals surface area contributed by atoms with Crippen LogP contribution in [-0.2, 0) is 4.79 Å². The highest BCUT2D eigenvalue weighted by atomic mass is 16.1. The summed E-state index contributed by atoms with van der Waals surface area (Å²) >= 11 is 0. The Morgan fingerprint density at radius 2 is 1.75 bits per heavy atom. The van der Waals surface area contributed by atoms with Gasteiger partial charge in [0.2, 0.25) is 5.91 Å². The van der Waals surface area contributed by atoms with Crippen LogP contribution in [0.15, 0.2) is 0 Å². The Hall–Kier alpha value is -0.530. The van der Waals surface area contributed by atoms with Gasteiger partial charge in [0, 0.05) is 13.0 Å². The summed E-state index contributed by atoms with van der Waals surface area (Å²) in [7, 11) is 0. The average Bonchev–Trinajstić information content (AvgIpc) is 1.84. The zero-order valence-electron chi connectivity index (χ0n) is 8.85. The summed E-state index contributed by atoms with van der Waals surface area (Å²) in [6, 6.07) is 0.305. The smallest absolute Gasteiger partial charge is 0.217 e. The predicted molar refractivity (Wildman–Crippen MR) is 51.9 cm³/mol. The number of carbonyl (C=O) groups excluding carboxylic acids is 1. The first-order valence-corrected chi connectivity index (χ1v) is 4.70. The van der Waals surface area contributed by atoms with Gasteiger partial charge in [-0.1, -0.05) is 20.8 Å². The van der Waals surface area contributed by atoms with Crippen LogP contribution in [0.25, 0.3) is 0 Å². The van der Waals surface area contributed by atoms with E-state index in [1.807, 2.05) is 0 Å². The molecular weight excluding hydrogens is 150 g/mol. The van der Waals surface area contributed by atoms with Gasteiger partial charge in [-0.3, -0.25) is 4.79 Å². The largest absolute Gasteiger partial charge is 0.354 e. The van der Waals surface area contributed by atoms with E-state index in [9.17, 15) is 4.79 Å². The second-order valence-electron chi connectivity index (χ2n) is 4.06. The fourth-order valence-corrected chi connectivity index (χ4v) is 1.24. The van der Waals surface area contributed by atoms with Crippen LogP contribution >= 0.6 is 0 Å². The van der Waals surface area contributed by atoms with Crippen molar-refractivity contribution in [2.45, 2.75) is 47.1 Å². The molecule has 0 aliphatic rings. The van der Waals surface area contributed by atoms with E-state index in [2.05, 4.69) is 33.0 Å². The monoisotopic (exact) mass is 171 g/mol. The Labute approximate surface area is 75.7 Å². The maximum atomic E-state index is 10.7. The fraction of sp³-hybridized carbons (Fsp3) is 0.900. The zero-order chi connectivity index (χ0) is 9.72. The molecule has 0 aliphatic heterocycles. The van der Waals surface area contributed by atoms with Gasteiger partial charge < -0.3 is 5.32 Å². The summed E-state index contributed by atoms with van der Waals surface area (Å²) in [5, 5.41) is 2.89. The molecule has 0 heterocycles. The van der Waals surface area contributed by atoms with Gasteiger partial charge in [-0.2, -0.15) is 0 Å². The molecule has 0 saturated carbocycles. The first-order valence-electron chi connectivity index (χ1n) is 4.70. The molecule has 2 nitrogen and oxygen atoms in total. The number of rotatable bonds is 4.